The van der Waals surface area contributed by atoms with Crippen LogP contribution in [-0.2, 0) is 11.3 Å². The number of aryl methyl sites for hydroxylation is 1. The van der Waals surface area contributed by atoms with Gasteiger partial charge in [-0.25, -0.2) is 4.79 Å². The first kappa shape index (κ1) is 15.7. The van der Waals surface area contributed by atoms with Crippen molar-refractivity contribution >= 4 is 27.8 Å². The minimum Gasteiger partial charge on any atom is -0.479 e. The molecule has 1 unspecified atom stereocenters. The second-order valence-corrected chi connectivity index (χ2v) is 5.41. The van der Waals surface area contributed by atoms with E-state index in [-0.39, 0.29) is 6.54 Å². The third-order valence-corrected chi connectivity index (χ3v) is 3.05. The highest BCUT2D eigenvalue weighted by Crippen LogP contribution is 2.15. The molecule has 19 heavy (non-hydrogen) atoms. The maximum absolute atomic E-state index is 12.0. The van der Waals surface area contributed by atoms with Gasteiger partial charge in [0.1, 0.15) is 5.69 Å². The number of amides is 1. The molecule has 1 heterocycles. The zero-order valence-electron chi connectivity index (χ0n) is 10.8. The first-order valence-electron chi connectivity index (χ1n) is 5.87. The minimum absolute atomic E-state index is 0.351. The summed E-state index contributed by atoms with van der Waals surface area (Å²) in [6, 6.07) is 1.65. The Bertz CT molecular complexity index is 482. The van der Waals surface area contributed by atoms with Crippen molar-refractivity contribution in [2.45, 2.75) is 32.4 Å². The molecule has 0 aliphatic heterocycles. The van der Waals surface area contributed by atoms with Crippen LogP contribution in [0, 0.1) is 0 Å². The molecule has 6 nitrogen and oxygen atoms in total. The number of rotatable bonds is 6. The Kier molecular flexibility index (Phi) is 5.13. The van der Waals surface area contributed by atoms with Crippen molar-refractivity contribution in [1.29, 1.82) is 0 Å². The van der Waals surface area contributed by atoms with Crippen LogP contribution in [-0.4, -0.2) is 38.8 Å². The fourth-order valence-corrected chi connectivity index (χ4v) is 1.97. The lowest BCUT2D eigenvalue weighted by atomic mass is 10.1. The van der Waals surface area contributed by atoms with Crippen molar-refractivity contribution < 1.29 is 19.8 Å². The van der Waals surface area contributed by atoms with Gasteiger partial charge in [0.05, 0.1) is 6.54 Å². The van der Waals surface area contributed by atoms with E-state index in [1.807, 2.05) is 6.92 Å². The fourth-order valence-electron chi connectivity index (χ4n) is 1.51. The first-order valence-corrected chi connectivity index (χ1v) is 6.67. The summed E-state index contributed by atoms with van der Waals surface area (Å²) >= 11 is 3.29. The molecule has 1 atom stereocenters. The molecule has 1 aromatic heterocycles. The lowest BCUT2D eigenvalue weighted by molar-refractivity contribution is -0.155. The molecule has 0 saturated heterocycles. The molecule has 0 bridgehead atoms. The van der Waals surface area contributed by atoms with Crippen LogP contribution in [0.5, 0.6) is 0 Å². The van der Waals surface area contributed by atoms with Crippen LogP contribution in [0.3, 0.4) is 0 Å². The number of carbonyl (C=O) groups is 2. The third kappa shape index (κ3) is 4.07. The molecule has 3 N–H and O–H groups in total. The Morgan fingerprint density at radius 3 is 2.68 bits per heavy atom. The highest BCUT2D eigenvalue weighted by Gasteiger charge is 2.30. The minimum atomic E-state index is -1.98. The SMILES string of the molecule is CCCn1cc(Br)cc1C(=O)NCC(C)(O)C(=O)O. The van der Waals surface area contributed by atoms with E-state index in [1.165, 1.54) is 0 Å². The van der Waals surface area contributed by atoms with E-state index in [2.05, 4.69) is 21.2 Å². The molecule has 0 spiro atoms. The summed E-state index contributed by atoms with van der Waals surface area (Å²) in [7, 11) is 0. The van der Waals surface area contributed by atoms with Gasteiger partial charge < -0.3 is 20.1 Å². The summed E-state index contributed by atoms with van der Waals surface area (Å²) in [5, 5.41) is 20.7. The molecule has 7 heteroatoms. The molecule has 0 saturated carbocycles. The molecule has 0 aliphatic rings. The summed E-state index contributed by atoms with van der Waals surface area (Å²) < 4.78 is 2.55. The predicted octanol–water partition coefficient (Wildman–Crippen LogP) is 1.23. The second-order valence-electron chi connectivity index (χ2n) is 4.50. The largest absolute Gasteiger partial charge is 0.479 e. The highest BCUT2D eigenvalue weighted by atomic mass is 79.9. The van der Waals surface area contributed by atoms with Crippen LogP contribution < -0.4 is 5.32 Å². The molecule has 0 aromatic carbocycles. The number of carboxylic acids is 1. The van der Waals surface area contributed by atoms with E-state index in [0.29, 0.717) is 12.2 Å². The van der Waals surface area contributed by atoms with Gasteiger partial charge in [0.25, 0.3) is 5.91 Å². The van der Waals surface area contributed by atoms with Gasteiger partial charge in [-0.2, -0.15) is 0 Å². The number of nitrogens with one attached hydrogen (secondary N) is 1. The lowest BCUT2D eigenvalue weighted by Crippen LogP contribution is -2.46. The predicted molar refractivity (Wildman–Crippen MR) is 73.0 cm³/mol. The van der Waals surface area contributed by atoms with Crippen molar-refractivity contribution in [2.24, 2.45) is 0 Å². The van der Waals surface area contributed by atoms with Gasteiger partial charge in [-0.1, -0.05) is 6.92 Å². The molecular weight excluding hydrogens is 316 g/mol. The number of hydrogen-bond acceptors (Lipinski definition) is 3. The molecule has 1 rings (SSSR count). The van der Waals surface area contributed by atoms with Crippen LogP contribution >= 0.6 is 15.9 Å². The van der Waals surface area contributed by atoms with E-state index in [9.17, 15) is 14.7 Å². The summed E-state index contributed by atoms with van der Waals surface area (Å²) in [4.78, 5) is 22.7. The molecule has 1 aromatic rings. The lowest BCUT2D eigenvalue weighted by Gasteiger charge is -2.18. The summed E-state index contributed by atoms with van der Waals surface area (Å²) in [6.07, 6.45) is 2.65. The molecule has 0 aliphatic carbocycles. The smallest absolute Gasteiger partial charge is 0.337 e. The molecule has 106 valence electrons. The number of hydrogen-bond donors (Lipinski definition) is 3. The maximum Gasteiger partial charge on any atom is 0.337 e. The van der Waals surface area contributed by atoms with Gasteiger partial charge in [0.15, 0.2) is 5.60 Å². The van der Waals surface area contributed by atoms with E-state index in [4.69, 9.17) is 5.11 Å². The van der Waals surface area contributed by atoms with Crippen LogP contribution in [0.25, 0.3) is 0 Å². The van der Waals surface area contributed by atoms with E-state index in [1.54, 1.807) is 16.8 Å². The number of carboxylic acid groups (broad SMARTS) is 1. The monoisotopic (exact) mass is 332 g/mol. The number of aromatic nitrogens is 1. The van der Waals surface area contributed by atoms with Gasteiger partial charge in [-0.3, -0.25) is 4.79 Å². The normalized spacial score (nSPS) is 13.9. The Balaban J connectivity index is 2.76. The van der Waals surface area contributed by atoms with Gasteiger partial charge in [0, 0.05) is 17.2 Å². The Morgan fingerprint density at radius 1 is 1.53 bits per heavy atom. The molecular formula is C12H17BrN2O4. The molecule has 0 radical (unpaired) electrons. The first-order chi connectivity index (χ1) is 8.77. The van der Waals surface area contributed by atoms with Crippen molar-refractivity contribution in [3.63, 3.8) is 0 Å². The van der Waals surface area contributed by atoms with Crippen molar-refractivity contribution in [1.82, 2.24) is 9.88 Å². The zero-order valence-corrected chi connectivity index (χ0v) is 12.4. The number of aliphatic hydroxyl groups is 1. The summed E-state index contributed by atoms with van der Waals surface area (Å²) in [5.74, 6) is -1.79. The van der Waals surface area contributed by atoms with Gasteiger partial charge >= 0.3 is 5.97 Å². The second kappa shape index (κ2) is 6.21. The van der Waals surface area contributed by atoms with Crippen molar-refractivity contribution in [3.8, 4) is 0 Å². The topological polar surface area (TPSA) is 91.6 Å². The third-order valence-electron chi connectivity index (χ3n) is 2.61. The summed E-state index contributed by atoms with van der Waals surface area (Å²) in [5.41, 5.74) is -1.55. The van der Waals surface area contributed by atoms with Crippen molar-refractivity contribution in [3.05, 3.63) is 22.4 Å². The Hall–Kier alpha value is -1.34. The average Bonchev–Trinajstić information content (AvgIpc) is 2.68. The fraction of sp³-hybridized carbons (Fsp3) is 0.500. The van der Waals surface area contributed by atoms with Crippen LogP contribution in [0.15, 0.2) is 16.7 Å². The quantitative estimate of drug-likeness (QED) is 0.730. The van der Waals surface area contributed by atoms with Crippen molar-refractivity contribution in [2.75, 3.05) is 6.54 Å². The number of halogens is 1. The zero-order chi connectivity index (χ0) is 14.6. The maximum atomic E-state index is 12.0. The van der Waals surface area contributed by atoms with Gasteiger partial charge in [0.2, 0.25) is 0 Å². The van der Waals surface area contributed by atoms with Crippen LogP contribution in [0.2, 0.25) is 0 Å². The van der Waals surface area contributed by atoms with E-state index in [0.717, 1.165) is 17.8 Å². The Labute approximate surface area is 119 Å². The van der Waals surface area contributed by atoms with Gasteiger partial charge in [-0.15, -0.1) is 0 Å². The standard InChI is InChI=1S/C12H17BrN2O4/c1-3-4-15-6-8(13)5-9(15)10(16)14-7-12(2,19)11(17)18/h5-6,19H,3-4,7H2,1-2H3,(H,14,16)(H,17,18). The van der Waals surface area contributed by atoms with Crippen LogP contribution in [0.4, 0.5) is 0 Å². The van der Waals surface area contributed by atoms with E-state index < -0.39 is 17.5 Å². The molecule has 1 amide bonds. The molecule has 0 fully saturated rings. The van der Waals surface area contributed by atoms with Crippen LogP contribution in [0.1, 0.15) is 30.8 Å². The highest BCUT2D eigenvalue weighted by molar-refractivity contribution is 9.10. The Morgan fingerprint density at radius 2 is 2.16 bits per heavy atom. The number of nitrogens with zero attached hydrogens (tertiary/aromatic N) is 1. The average molecular weight is 333 g/mol. The number of aliphatic carboxylic acids is 1. The summed E-state index contributed by atoms with van der Waals surface area (Å²) in [6.45, 7) is 3.46. The number of carbonyl (C=O) groups excluding carboxylic acids is 1. The van der Waals surface area contributed by atoms with E-state index >= 15 is 0 Å². The van der Waals surface area contributed by atoms with Gasteiger partial charge in [-0.05, 0) is 35.3 Å².